The molecule has 1 atom stereocenters. The molecule has 2 fully saturated rings. The Hall–Kier alpha value is -2.09. The number of thiazole rings is 1. The summed E-state index contributed by atoms with van der Waals surface area (Å²) in [5.41, 5.74) is 4.14. The molecule has 0 bridgehead atoms. The highest BCUT2D eigenvalue weighted by Gasteiger charge is 2.40. The maximum atomic E-state index is 6.35. The third-order valence-electron chi connectivity index (χ3n) is 6.54. The lowest BCUT2D eigenvalue weighted by Crippen LogP contribution is -2.49. The van der Waals surface area contributed by atoms with Crippen LogP contribution in [0.3, 0.4) is 0 Å². The summed E-state index contributed by atoms with van der Waals surface area (Å²) < 4.78 is 11.9. The quantitative estimate of drug-likeness (QED) is 0.601. The maximum Gasteiger partial charge on any atom is 0.227 e. The van der Waals surface area contributed by atoms with Crippen LogP contribution in [0.2, 0.25) is 0 Å². The number of ether oxygens (including phenoxy) is 1. The second kappa shape index (κ2) is 8.57. The minimum absolute atomic E-state index is 0.0183. The topological polar surface area (TPSA) is 64.3 Å². The number of aryl methyl sites for hydroxylation is 1. The number of likely N-dealkylation sites (tertiary alicyclic amines) is 1. The van der Waals surface area contributed by atoms with E-state index in [1.165, 1.54) is 10.6 Å². The van der Waals surface area contributed by atoms with Crippen molar-refractivity contribution < 1.29 is 9.26 Å². The maximum absolute atomic E-state index is 6.35. The Bertz CT molecular complexity index is 963. The molecular weight excluding hydrogens is 396 g/mol. The lowest BCUT2D eigenvalue weighted by Gasteiger charge is -2.46. The molecule has 6 nitrogen and oxygen atoms in total. The van der Waals surface area contributed by atoms with Crippen LogP contribution in [0.25, 0.3) is 11.4 Å². The average molecular weight is 425 g/mol. The van der Waals surface area contributed by atoms with Crippen molar-refractivity contribution in [3.63, 3.8) is 0 Å². The number of hydrogen-bond donors (Lipinski definition) is 0. The van der Waals surface area contributed by atoms with E-state index < -0.39 is 0 Å². The molecule has 1 spiro atoms. The van der Waals surface area contributed by atoms with E-state index >= 15 is 0 Å². The molecule has 2 aliphatic heterocycles. The van der Waals surface area contributed by atoms with E-state index in [-0.39, 0.29) is 5.60 Å². The smallest absolute Gasteiger partial charge is 0.227 e. The highest BCUT2D eigenvalue weighted by atomic mass is 32.1. The first-order valence-corrected chi connectivity index (χ1v) is 11.7. The molecule has 5 rings (SSSR count). The zero-order chi connectivity index (χ0) is 20.4. The van der Waals surface area contributed by atoms with Crippen LogP contribution in [0, 0.1) is 12.8 Å². The second-order valence-electron chi connectivity index (χ2n) is 8.61. The Balaban J connectivity index is 1.18. The molecule has 7 heteroatoms. The van der Waals surface area contributed by atoms with Gasteiger partial charge in [-0.1, -0.05) is 35.5 Å². The molecule has 0 radical (unpaired) electrons. The summed E-state index contributed by atoms with van der Waals surface area (Å²) in [7, 11) is 0. The van der Waals surface area contributed by atoms with Gasteiger partial charge in [-0.25, -0.2) is 4.98 Å². The minimum Gasteiger partial charge on any atom is -0.375 e. The second-order valence-corrected chi connectivity index (χ2v) is 9.55. The van der Waals surface area contributed by atoms with E-state index in [0.29, 0.717) is 11.7 Å². The van der Waals surface area contributed by atoms with Crippen molar-refractivity contribution in [3.8, 4) is 11.4 Å². The van der Waals surface area contributed by atoms with Crippen LogP contribution in [0.4, 0.5) is 0 Å². The molecule has 0 N–H and O–H groups in total. The van der Waals surface area contributed by atoms with Gasteiger partial charge in [0.15, 0.2) is 0 Å². The Morgan fingerprint density at radius 1 is 1.20 bits per heavy atom. The predicted octanol–water partition coefficient (Wildman–Crippen LogP) is 4.51. The van der Waals surface area contributed by atoms with E-state index in [4.69, 9.17) is 9.26 Å². The van der Waals surface area contributed by atoms with Crippen LogP contribution in [-0.4, -0.2) is 45.3 Å². The van der Waals surface area contributed by atoms with E-state index in [0.717, 1.165) is 69.8 Å². The standard InChI is InChI=1S/C23H28N4O2S/c1-17-20(30-16-24-17)15-27-10-8-23(9-11-27)14-18(7-12-28-23)13-21-25-22(26-29-21)19-5-3-2-4-6-19/h2-6,16,18H,7-15H2,1H3. The summed E-state index contributed by atoms with van der Waals surface area (Å²) in [6, 6.07) is 10.0. The summed E-state index contributed by atoms with van der Waals surface area (Å²) in [4.78, 5) is 13.0. The Morgan fingerprint density at radius 2 is 2.03 bits per heavy atom. The molecule has 30 heavy (non-hydrogen) atoms. The largest absolute Gasteiger partial charge is 0.375 e. The lowest BCUT2D eigenvalue weighted by molar-refractivity contribution is -0.128. The van der Waals surface area contributed by atoms with Crippen LogP contribution >= 0.6 is 11.3 Å². The van der Waals surface area contributed by atoms with Crippen LogP contribution in [0.15, 0.2) is 40.4 Å². The Labute approximate surface area is 181 Å². The van der Waals surface area contributed by atoms with Crippen molar-refractivity contribution in [2.45, 2.75) is 51.2 Å². The van der Waals surface area contributed by atoms with Gasteiger partial charge in [-0.3, -0.25) is 4.90 Å². The van der Waals surface area contributed by atoms with E-state index in [2.05, 4.69) is 26.9 Å². The highest BCUT2D eigenvalue weighted by molar-refractivity contribution is 7.09. The molecular formula is C23H28N4O2S. The summed E-state index contributed by atoms with van der Waals surface area (Å²) >= 11 is 1.76. The van der Waals surface area contributed by atoms with E-state index in [1.807, 2.05) is 35.8 Å². The van der Waals surface area contributed by atoms with Gasteiger partial charge in [0, 0.05) is 43.1 Å². The fourth-order valence-electron chi connectivity index (χ4n) is 4.74. The molecule has 1 aromatic carbocycles. The number of nitrogens with zero attached hydrogens (tertiary/aromatic N) is 4. The number of hydrogen-bond acceptors (Lipinski definition) is 7. The van der Waals surface area contributed by atoms with Crippen molar-refractivity contribution in [3.05, 3.63) is 52.3 Å². The molecule has 158 valence electrons. The van der Waals surface area contributed by atoms with Crippen molar-refractivity contribution in [1.82, 2.24) is 20.0 Å². The van der Waals surface area contributed by atoms with Crippen LogP contribution in [0.5, 0.6) is 0 Å². The zero-order valence-corrected chi connectivity index (χ0v) is 18.2. The van der Waals surface area contributed by atoms with E-state index in [9.17, 15) is 0 Å². The summed E-state index contributed by atoms with van der Waals surface area (Å²) in [5.74, 6) is 1.96. The van der Waals surface area contributed by atoms with Gasteiger partial charge in [-0.2, -0.15) is 4.98 Å². The predicted molar refractivity (Wildman–Crippen MR) is 116 cm³/mol. The first-order valence-electron chi connectivity index (χ1n) is 10.8. The van der Waals surface area contributed by atoms with Crippen LogP contribution in [0.1, 0.15) is 42.1 Å². The van der Waals surface area contributed by atoms with Gasteiger partial charge in [0.1, 0.15) is 0 Å². The summed E-state index contributed by atoms with van der Waals surface area (Å²) in [6.07, 6.45) is 5.19. The van der Waals surface area contributed by atoms with Gasteiger partial charge in [0.2, 0.25) is 11.7 Å². The third-order valence-corrected chi connectivity index (χ3v) is 7.46. The molecule has 0 aliphatic carbocycles. The monoisotopic (exact) mass is 424 g/mol. The third kappa shape index (κ3) is 4.33. The first kappa shape index (κ1) is 19.8. The van der Waals surface area contributed by atoms with Crippen molar-refractivity contribution in [2.75, 3.05) is 19.7 Å². The average Bonchev–Trinajstić information content (AvgIpc) is 3.40. The van der Waals surface area contributed by atoms with Crippen molar-refractivity contribution in [2.24, 2.45) is 5.92 Å². The molecule has 2 aliphatic rings. The number of rotatable bonds is 5. The molecule has 0 saturated carbocycles. The molecule has 0 amide bonds. The number of aromatic nitrogens is 3. The fraction of sp³-hybridized carbons (Fsp3) is 0.522. The molecule has 2 saturated heterocycles. The molecule has 1 unspecified atom stereocenters. The Kier molecular flexibility index (Phi) is 5.67. The molecule has 4 heterocycles. The normalized spacial score (nSPS) is 21.8. The summed E-state index contributed by atoms with van der Waals surface area (Å²) in [6.45, 7) is 6.12. The zero-order valence-electron chi connectivity index (χ0n) is 17.4. The number of piperidine rings is 1. The van der Waals surface area contributed by atoms with Crippen LogP contribution < -0.4 is 0 Å². The van der Waals surface area contributed by atoms with Gasteiger partial charge in [0.05, 0.1) is 16.8 Å². The van der Waals surface area contributed by atoms with Gasteiger partial charge in [0.25, 0.3) is 0 Å². The molecule has 2 aromatic heterocycles. The van der Waals surface area contributed by atoms with Crippen LogP contribution in [-0.2, 0) is 17.7 Å². The van der Waals surface area contributed by atoms with Crippen molar-refractivity contribution >= 4 is 11.3 Å². The van der Waals surface area contributed by atoms with Gasteiger partial charge in [-0.05, 0) is 38.5 Å². The SMILES string of the molecule is Cc1ncsc1CN1CCC2(CC1)CC(Cc1nc(-c3ccccc3)no1)CCO2. The lowest BCUT2D eigenvalue weighted by atomic mass is 9.78. The highest BCUT2D eigenvalue weighted by Crippen LogP contribution is 2.39. The van der Waals surface area contributed by atoms with Gasteiger partial charge in [-0.15, -0.1) is 11.3 Å². The van der Waals surface area contributed by atoms with Crippen molar-refractivity contribution in [1.29, 1.82) is 0 Å². The molecule has 3 aromatic rings. The minimum atomic E-state index is 0.0183. The Morgan fingerprint density at radius 3 is 2.80 bits per heavy atom. The summed E-state index contributed by atoms with van der Waals surface area (Å²) in [5, 5.41) is 4.18. The van der Waals surface area contributed by atoms with Gasteiger partial charge >= 0.3 is 0 Å². The van der Waals surface area contributed by atoms with Gasteiger partial charge < -0.3 is 9.26 Å². The fourth-order valence-corrected chi connectivity index (χ4v) is 5.56. The number of benzene rings is 1. The first-order chi connectivity index (χ1) is 14.7. The van der Waals surface area contributed by atoms with E-state index in [1.54, 1.807) is 11.3 Å².